The van der Waals surface area contributed by atoms with Crippen molar-refractivity contribution in [2.24, 2.45) is 5.41 Å². The molecule has 2 aliphatic heterocycles. The van der Waals surface area contributed by atoms with E-state index in [1.54, 1.807) is 0 Å². The molecule has 1 aromatic carbocycles. The number of anilines is 1. The molecule has 1 spiro atoms. The highest BCUT2D eigenvalue weighted by atomic mass is 16.2. The lowest BCUT2D eigenvalue weighted by Crippen LogP contribution is -2.36. The minimum Gasteiger partial charge on any atom is -0.312 e. The lowest BCUT2D eigenvalue weighted by Gasteiger charge is -2.26. The molecule has 0 atom stereocenters. The third-order valence-electron chi connectivity index (χ3n) is 5.32. The molecule has 2 heterocycles. The second-order valence-corrected chi connectivity index (χ2v) is 6.54. The standard InChI is InChI=1S/C17H20N2O2/c20-15-10-17(7-1-2-8-17)16(21)19(15)14-5-3-4-12-6-9-18-11-13(12)14/h3-5,18H,1-2,6-11H2. The van der Waals surface area contributed by atoms with Crippen LogP contribution >= 0.6 is 0 Å². The minimum absolute atomic E-state index is 0.0131. The van der Waals surface area contributed by atoms with E-state index in [0.29, 0.717) is 6.42 Å². The summed E-state index contributed by atoms with van der Waals surface area (Å²) in [7, 11) is 0. The number of carbonyl (C=O) groups is 2. The van der Waals surface area contributed by atoms with Crippen LogP contribution < -0.4 is 10.2 Å². The Kier molecular flexibility index (Phi) is 2.89. The highest BCUT2D eigenvalue weighted by Gasteiger charge is 2.53. The maximum Gasteiger partial charge on any atom is 0.240 e. The fraction of sp³-hybridized carbons (Fsp3) is 0.529. The summed E-state index contributed by atoms with van der Waals surface area (Å²) in [6, 6.07) is 6.01. The summed E-state index contributed by atoms with van der Waals surface area (Å²) in [5.74, 6) is 0.0323. The molecule has 110 valence electrons. The van der Waals surface area contributed by atoms with Gasteiger partial charge in [-0.15, -0.1) is 0 Å². The first kappa shape index (κ1) is 13.0. The summed E-state index contributed by atoms with van der Waals surface area (Å²) >= 11 is 0. The SMILES string of the molecule is O=C1CC2(CCCC2)C(=O)N1c1cccc2c1CNCC2. The Morgan fingerprint density at radius 2 is 1.95 bits per heavy atom. The second kappa shape index (κ2) is 4.67. The highest BCUT2D eigenvalue weighted by Crippen LogP contribution is 2.48. The number of carbonyl (C=O) groups excluding carboxylic acids is 2. The first-order chi connectivity index (χ1) is 10.2. The number of hydrogen-bond donors (Lipinski definition) is 1. The van der Waals surface area contributed by atoms with Crippen LogP contribution in [0.25, 0.3) is 0 Å². The largest absolute Gasteiger partial charge is 0.312 e. The van der Waals surface area contributed by atoms with E-state index in [2.05, 4.69) is 11.4 Å². The number of amides is 2. The molecule has 1 saturated heterocycles. The molecule has 0 radical (unpaired) electrons. The maximum atomic E-state index is 12.9. The number of fused-ring (bicyclic) bond motifs is 1. The zero-order valence-corrected chi connectivity index (χ0v) is 12.2. The van der Waals surface area contributed by atoms with Crippen LogP contribution in [0, 0.1) is 5.41 Å². The van der Waals surface area contributed by atoms with Gasteiger partial charge in [0.05, 0.1) is 11.1 Å². The van der Waals surface area contributed by atoms with E-state index < -0.39 is 0 Å². The third-order valence-corrected chi connectivity index (χ3v) is 5.32. The predicted octanol–water partition coefficient (Wildman–Crippen LogP) is 2.16. The molecule has 0 unspecified atom stereocenters. The topological polar surface area (TPSA) is 49.4 Å². The summed E-state index contributed by atoms with van der Waals surface area (Å²) in [6.45, 7) is 1.71. The normalized spacial score (nSPS) is 23.9. The summed E-state index contributed by atoms with van der Waals surface area (Å²) in [6.07, 6.45) is 5.26. The van der Waals surface area contributed by atoms with Gasteiger partial charge in [-0.3, -0.25) is 9.59 Å². The van der Waals surface area contributed by atoms with Crippen LogP contribution in [0.5, 0.6) is 0 Å². The average Bonchev–Trinajstić information content (AvgIpc) is 3.06. The van der Waals surface area contributed by atoms with E-state index in [0.717, 1.165) is 56.4 Å². The lowest BCUT2D eigenvalue weighted by molar-refractivity contribution is -0.125. The van der Waals surface area contributed by atoms with Crippen LogP contribution in [0.4, 0.5) is 5.69 Å². The van der Waals surface area contributed by atoms with Crippen molar-refractivity contribution >= 4 is 17.5 Å². The van der Waals surface area contributed by atoms with Crippen LogP contribution in [-0.4, -0.2) is 18.4 Å². The van der Waals surface area contributed by atoms with Gasteiger partial charge in [0.1, 0.15) is 0 Å². The fourth-order valence-electron chi connectivity index (χ4n) is 4.19. The monoisotopic (exact) mass is 284 g/mol. The van der Waals surface area contributed by atoms with Crippen molar-refractivity contribution in [3.63, 3.8) is 0 Å². The summed E-state index contributed by atoms with van der Waals surface area (Å²) < 4.78 is 0. The van der Waals surface area contributed by atoms with Crippen molar-refractivity contribution in [2.75, 3.05) is 11.4 Å². The number of rotatable bonds is 1. The third kappa shape index (κ3) is 1.85. The van der Waals surface area contributed by atoms with Gasteiger partial charge in [0.2, 0.25) is 11.8 Å². The number of nitrogens with one attached hydrogen (secondary N) is 1. The van der Waals surface area contributed by atoms with Crippen LogP contribution in [0.3, 0.4) is 0 Å². The van der Waals surface area contributed by atoms with Crippen molar-refractivity contribution < 1.29 is 9.59 Å². The molecular weight excluding hydrogens is 264 g/mol. The molecule has 1 N–H and O–H groups in total. The van der Waals surface area contributed by atoms with Gasteiger partial charge < -0.3 is 5.32 Å². The zero-order chi connectivity index (χ0) is 14.4. The minimum atomic E-state index is -0.387. The van der Waals surface area contributed by atoms with Crippen LogP contribution in [0.15, 0.2) is 18.2 Å². The van der Waals surface area contributed by atoms with Gasteiger partial charge in [-0.25, -0.2) is 4.90 Å². The zero-order valence-electron chi connectivity index (χ0n) is 12.2. The number of benzene rings is 1. The van der Waals surface area contributed by atoms with E-state index in [4.69, 9.17) is 0 Å². The number of nitrogens with zero attached hydrogens (tertiary/aromatic N) is 1. The van der Waals surface area contributed by atoms with Gasteiger partial charge in [-0.05, 0) is 43.0 Å². The van der Waals surface area contributed by atoms with Crippen LogP contribution in [-0.2, 0) is 22.6 Å². The molecule has 4 rings (SSSR count). The van der Waals surface area contributed by atoms with E-state index in [1.165, 1.54) is 10.5 Å². The van der Waals surface area contributed by atoms with E-state index in [-0.39, 0.29) is 17.2 Å². The average molecular weight is 284 g/mol. The molecule has 3 aliphatic rings. The van der Waals surface area contributed by atoms with E-state index >= 15 is 0 Å². The molecule has 2 fully saturated rings. The van der Waals surface area contributed by atoms with Crippen LogP contribution in [0.1, 0.15) is 43.2 Å². The van der Waals surface area contributed by atoms with E-state index in [1.807, 2.05) is 12.1 Å². The van der Waals surface area contributed by atoms with E-state index in [9.17, 15) is 9.59 Å². The van der Waals surface area contributed by atoms with Crippen molar-refractivity contribution in [2.45, 2.75) is 45.1 Å². The first-order valence-corrected chi connectivity index (χ1v) is 7.90. The number of hydrogen-bond acceptors (Lipinski definition) is 3. The maximum absolute atomic E-state index is 12.9. The second-order valence-electron chi connectivity index (χ2n) is 6.54. The van der Waals surface area contributed by atoms with Crippen molar-refractivity contribution in [3.8, 4) is 0 Å². The highest BCUT2D eigenvalue weighted by molar-refractivity contribution is 6.23. The Labute approximate surface area is 124 Å². The molecule has 2 amide bonds. The Morgan fingerprint density at radius 3 is 2.76 bits per heavy atom. The molecule has 4 nitrogen and oxygen atoms in total. The summed E-state index contributed by atoms with van der Waals surface area (Å²) in [5, 5.41) is 3.35. The fourth-order valence-corrected chi connectivity index (χ4v) is 4.19. The Morgan fingerprint density at radius 1 is 1.14 bits per heavy atom. The molecule has 4 heteroatoms. The summed E-state index contributed by atoms with van der Waals surface area (Å²) in [5.41, 5.74) is 2.82. The lowest BCUT2D eigenvalue weighted by atomic mass is 9.84. The van der Waals surface area contributed by atoms with Gasteiger partial charge in [-0.1, -0.05) is 25.0 Å². The van der Waals surface area contributed by atoms with Gasteiger partial charge >= 0.3 is 0 Å². The first-order valence-electron chi connectivity index (χ1n) is 7.90. The number of imide groups is 1. The van der Waals surface area contributed by atoms with Gasteiger partial charge in [0, 0.05) is 13.0 Å². The molecule has 1 aliphatic carbocycles. The summed E-state index contributed by atoms with van der Waals surface area (Å²) in [4.78, 5) is 26.9. The molecule has 1 saturated carbocycles. The Bertz CT molecular complexity index is 617. The smallest absolute Gasteiger partial charge is 0.240 e. The van der Waals surface area contributed by atoms with Crippen molar-refractivity contribution in [3.05, 3.63) is 29.3 Å². The van der Waals surface area contributed by atoms with Gasteiger partial charge in [0.15, 0.2) is 0 Å². The van der Waals surface area contributed by atoms with Crippen LogP contribution in [0.2, 0.25) is 0 Å². The molecule has 1 aromatic rings. The Balaban J connectivity index is 1.77. The molecule has 0 aromatic heterocycles. The predicted molar refractivity (Wildman–Crippen MR) is 79.9 cm³/mol. The van der Waals surface area contributed by atoms with Crippen molar-refractivity contribution in [1.82, 2.24) is 5.32 Å². The van der Waals surface area contributed by atoms with Crippen molar-refractivity contribution in [1.29, 1.82) is 0 Å². The van der Waals surface area contributed by atoms with Gasteiger partial charge in [-0.2, -0.15) is 0 Å². The van der Waals surface area contributed by atoms with Gasteiger partial charge in [0.25, 0.3) is 0 Å². The molecular formula is C17H20N2O2. The molecule has 0 bridgehead atoms. The quantitative estimate of drug-likeness (QED) is 0.804. The molecule has 21 heavy (non-hydrogen) atoms. The Hall–Kier alpha value is -1.68.